The Labute approximate surface area is 89.5 Å². The molecule has 0 fully saturated rings. The third kappa shape index (κ3) is 2.31. The van der Waals surface area contributed by atoms with Crippen molar-refractivity contribution in [3.63, 3.8) is 0 Å². The molecule has 0 aliphatic heterocycles. The molecule has 0 radical (unpaired) electrons. The highest BCUT2D eigenvalue weighted by molar-refractivity contribution is 7.99. The van der Waals surface area contributed by atoms with Crippen LogP contribution in [0.4, 0.5) is 0 Å². The Morgan fingerprint density at radius 3 is 2.93 bits per heavy atom. The normalized spacial score (nSPS) is 14.4. The summed E-state index contributed by atoms with van der Waals surface area (Å²) in [6, 6.07) is 6.81. The van der Waals surface area contributed by atoms with Crippen LogP contribution in [0.25, 0.3) is 0 Å². The van der Waals surface area contributed by atoms with Gasteiger partial charge in [0.25, 0.3) is 0 Å². The van der Waals surface area contributed by atoms with Gasteiger partial charge in [0, 0.05) is 17.3 Å². The topological polar surface area (TPSA) is 20.2 Å². The Kier molecular flexibility index (Phi) is 3.49. The van der Waals surface area contributed by atoms with Gasteiger partial charge < -0.3 is 5.11 Å². The molecule has 0 heterocycles. The van der Waals surface area contributed by atoms with Crippen molar-refractivity contribution in [1.29, 1.82) is 0 Å². The maximum atomic E-state index is 8.69. The second kappa shape index (κ2) is 4.85. The lowest BCUT2D eigenvalue weighted by Gasteiger charge is -2.03. The molecular weight excluding hydrogens is 192 g/mol. The summed E-state index contributed by atoms with van der Waals surface area (Å²) in [7, 11) is 0. The summed E-state index contributed by atoms with van der Waals surface area (Å²) in [6.45, 7) is 0.304. The summed E-state index contributed by atoms with van der Waals surface area (Å²) in [5, 5.41) is 8.69. The third-order valence-electron chi connectivity index (χ3n) is 2.64. The largest absolute Gasteiger partial charge is 0.396 e. The van der Waals surface area contributed by atoms with Crippen molar-refractivity contribution in [3.8, 4) is 0 Å². The molecule has 1 nitrogen and oxygen atoms in total. The summed E-state index contributed by atoms with van der Waals surface area (Å²) >= 11 is 1.85. The van der Waals surface area contributed by atoms with Crippen LogP contribution in [-0.4, -0.2) is 17.5 Å². The van der Waals surface area contributed by atoms with E-state index in [1.54, 1.807) is 5.56 Å². The van der Waals surface area contributed by atoms with Crippen LogP contribution in [0.5, 0.6) is 0 Å². The minimum atomic E-state index is 0.304. The molecule has 0 aromatic heterocycles. The number of aliphatic hydroxyl groups is 1. The molecule has 2 heteroatoms. The lowest BCUT2D eigenvalue weighted by atomic mass is 10.1. The van der Waals surface area contributed by atoms with Gasteiger partial charge in [-0.3, -0.25) is 0 Å². The van der Waals surface area contributed by atoms with E-state index in [1.807, 2.05) is 11.8 Å². The molecule has 0 atom stereocenters. The van der Waals surface area contributed by atoms with Gasteiger partial charge in [-0.15, -0.1) is 11.8 Å². The van der Waals surface area contributed by atoms with Crippen LogP contribution < -0.4 is 0 Å². The van der Waals surface area contributed by atoms with E-state index in [2.05, 4.69) is 18.2 Å². The number of fused-ring (bicyclic) bond motifs is 1. The van der Waals surface area contributed by atoms with E-state index in [1.165, 1.54) is 29.7 Å². The van der Waals surface area contributed by atoms with E-state index in [0.717, 1.165) is 12.2 Å². The second-order valence-corrected chi connectivity index (χ2v) is 4.88. The van der Waals surface area contributed by atoms with Crippen LogP contribution in [-0.2, 0) is 12.8 Å². The van der Waals surface area contributed by atoms with Crippen LogP contribution >= 0.6 is 11.8 Å². The van der Waals surface area contributed by atoms with Crippen molar-refractivity contribution in [1.82, 2.24) is 0 Å². The predicted octanol–water partition coefficient (Wildman–Crippen LogP) is 2.65. The van der Waals surface area contributed by atoms with Crippen molar-refractivity contribution in [2.45, 2.75) is 30.6 Å². The minimum absolute atomic E-state index is 0.304. The molecule has 1 aromatic carbocycles. The number of thioether (sulfide) groups is 1. The quantitative estimate of drug-likeness (QED) is 0.606. The summed E-state index contributed by atoms with van der Waals surface area (Å²) < 4.78 is 0. The molecule has 0 saturated heterocycles. The molecule has 1 aliphatic rings. The van der Waals surface area contributed by atoms with E-state index in [4.69, 9.17) is 5.11 Å². The summed E-state index contributed by atoms with van der Waals surface area (Å²) in [6.07, 6.45) is 4.72. The van der Waals surface area contributed by atoms with Crippen molar-refractivity contribution in [2.24, 2.45) is 0 Å². The van der Waals surface area contributed by atoms with Gasteiger partial charge in [0.2, 0.25) is 0 Å². The van der Waals surface area contributed by atoms with Gasteiger partial charge in [0.15, 0.2) is 0 Å². The second-order valence-electron chi connectivity index (χ2n) is 3.71. The van der Waals surface area contributed by atoms with Gasteiger partial charge in [0.05, 0.1) is 0 Å². The summed E-state index contributed by atoms with van der Waals surface area (Å²) in [5.41, 5.74) is 3.08. The van der Waals surface area contributed by atoms with E-state index in [9.17, 15) is 0 Å². The zero-order valence-corrected chi connectivity index (χ0v) is 9.15. The summed E-state index contributed by atoms with van der Waals surface area (Å²) in [5.74, 6) is 1.02. The van der Waals surface area contributed by atoms with Crippen LogP contribution in [0, 0.1) is 0 Å². The summed E-state index contributed by atoms with van der Waals surface area (Å²) in [4.78, 5) is 1.36. The molecule has 1 aromatic rings. The van der Waals surface area contributed by atoms with Crippen molar-refractivity contribution in [3.05, 3.63) is 29.3 Å². The Morgan fingerprint density at radius 2 is 2.07 bits per heavy atom. The molecule has 0 amide bonds. The lowest BCUT2D eigenvalue weighted by Crippen LogP contribution is -1.87. The standard InChI is InChI=1S/C12H16OS/c13-7-2-8-14-12-6-5-10-3-1-4-11(10)9-12/h5-6,9,13H,1-4,7-8H2. The van der Waals surface area contributed by atoms with Crippen LogP contribution in [0.3, 0.4) is 0 Å². The molecule has 0 saturated carbocycles. The van der Waals surface area contributed by atoms with Gasteiger partial charge in [-0.05, 0) is 48.9 Å². The monoisotopic (exact) mass is 208 g/mol. The maximum Gasteiger partial charge on any atom is 0.0439 e. The Balaban J connectivity index is 1.98. The number of hydrogen-bond donors (Lipinski definition) is 1. The maximum absolute atomic E-state index is 8.69. The Morgan fingerprint density at radius 1 is 1.21 bits per heavy atom. The highest BCUT2D eigenvalue weighted by atomic mass is 32.2. The average Bonchev–Trinajstić information content (AvgIpc) is 2.65. The first-order valence-electron chi connectivity index (χ1n) is 5.25. The Bertz CT molecular complexity index is 309. The Hall–Kier alpha value is -0.470. The van der Waals surface area contributed by atoms with Crippen molar-refractivity contribution >= 4 is 11.8 Å². The van der Waals surface area contributed by atoms with E-state index >= 15 is 0 Å². The lowest BCUT2D eigenvalue weighted by molar-refractivity contribution is 0.296. The number of hydrogen-bond acceptors (Lipinski definition) is 2. The fraction of sp³-hybridized carbons (Fsp3) is 0.500. The average molecular weight is 208 g/mol. The fourth-order valence-corrected chi connectivity index (χ4v) is 2.79. The zero-order chi connectivity index (χ0) is 9.80. The first kappa shape index (κ1) is 10.1. The molecule has 14 heavy (non-hydrogen) atoms. The van der Waals surface area contributed by atoms with Crippen LogP contribution in [0.1, 0.15) is 24.0 Å². The van der Waals surface area contributed by atoms with E-state index < -0.39 is 0 Å². The number of aryl methyl sites for hydroxylation is 2. The fourth-order valence-electron chi connectivity index (χ4n) is 1.89. The molecule has 1 aliphatic carbocycles. The first-order chi connectivity index (χ1) is 6.90. The van der Waals surface area contributed by atoms with Gasteiger partial charge in [-0.25, -0.2) is 0 Å². The predicted molar refractivity (Wildman–Crippen MR) is 60.9 cm³/mol. The zero-order valence-electron chi connectivity index (χ0n) is 8.33. The molecule has 0 spiro atoms. The SMILES string of the molecule is OCCCSc1ccc2c(c1)CCC2. The molecule has 0 bridgehead atoms. The third-order valence-corrected chi connectivity index (χ3v) is 3.72. The van der Waals surface area contributed by atoms with Gasteiger partial charge in [-0.1, -0.05) is 6.07 Å². The molecule has 76 valence electrons. The van der Waals surface area contributed by atoms with Gasteiger partial charge >= 0.3 is 0 Å². The minimum Gasteiger partial charge on any atom is -0.396 e. The smallest absolute Gasteiger partial charge is 0.0439 e. The molecule has 2 rings (SSSR count). The number of aliphatic hydroxyl groups excluding tert-OH is 1. The van der Waals surface area contributed by atoms with Crippen LogP contribution in [0.2, 0.25) is 0 Å². The van der Waals surface area contributed by atoms with E-state index in [0.29, 0.717) is 6.61 Å². The van der Waals surface area contributed by atoms with Gasteiger partial charge in [0.1, 0.15) is 0 Å². The highest BCUT2D eigenvalue weighted by Gasteiger charge is 2.10. The number of benzene rings is 1. The highest BCUT2D eigenvalue weighted by Crippen LogP contribution is 2.27. The van der Waals surface area contributed by atoms with Crippen LogP contribution in [0.15, 0.2) is 23.1 Å². The van der Waals surface area contributed by atoms with Crippen molar-refractivity contribution in [2.75, 3.05) is 12.4 Å². The van der Waals surface area contributed by atoms with Crippen molar-refractivity contribution < 1.29 is 5.11 Å². The number of rotatable bonds is 4. The molecule has 1 N–H and O–H groups in total. The first-order valence-corrected chi connectivity index (χ1v) is 6.24. The molecular formula is C12H16OS. The molecule has 0 unspecified atom stereocenters. The van der Waals surface area contributed by atoms with Gasteiger partial charge in [-0.2, -0.15) is 0 Å². The van der Waals surface area contributed by atoms with E-state index in [-0.39, 0.29) is 0 Å².